The fourth-order valence-electron chi connectivity index (χ4n) is 4.62. The van der Waals surface area contributed by atoms with Gasteiger partial charge in [-0.05, 0) is 75.2 Å². The summed E-state index contributed by atoms with van der Waals surface area (Å²) in [6, 6.07) is 6.47. The Bertz CT molecular complexity index is 886. The van der Waals surface area contributed by atoms with E-state index in [0.717, 1.165) is 29.1 Å². The zero-order valence-corrected chi connectivity index (χ0v) is 17.8. The molecule has 1 aromatic heterocycles. The quantitative estimate of drug-likeness (QED) is 0.754. The lowest BCUT2D eigenvalue weighted by molar-refractivity contribution is -0.149. The fourth-order valence-corrected chi connectivity index (χ4v) is 4.62. The number of ether oxygens (including phenoxy) is 1. The van der Waals surface area contributed by atoms with Crippen molar-refractivity contribution < 1.29 is 13.9 Å². The maximum absolute atomic E-state index is 12.4. The number of rotatable bonds is 7. The van der Waals surface area contributed by atoms with Crippen molar-refractivity contribution in [2.45, 2.75) is 38.7 Å². The van der Waals surface area contributed by atoms with Gasteiger partial charge in [-0.1, -0.05) is 6.07 Å². The minimum Gasteiger partial charge on any atom is -0.424 e. The summed E-state index contributed by atoms with van der Waals surface area (Å²) in [6.45, 7) is 7.93. The summed E-state index contributed by atoms with van der Waals surface area (Å²) in [5.74, 6) is 1.68. The van der Waals surface area contributed by atoms with Crippen molar-refractivity contribution in [3.05, 3.63) is 23.8 Å². The number of carbonyl (C=O) groups is 1. The third-order valence-corrected chi connectivity index (χ3v) is 6.64. The molecule has 2 saturated heterocycles. The SMILES string of the molecule is Cc1ccc2oc(NC[C@H]3CN(CC4CCN(CC5CC5)CC4)C(=O)CO3)nc2c1. The maximum Gasteiger partial charge on any atom is 0.295 e. The van der Waals surface area contributed by atoms with Gasteiger partial charge in [0.15, 0.2) is 5.58 Å². The Balaban J connectivity index is 1.10. The van der Waals surface area contributed by atoms with Crippen molar-refractivity contribution in [1.82, 2.24) is 14.8 Å². The zero-order chi connectivity index (χ0) is 20.5. The molecule has 1 atom stereocenters. The van der Waals surface area contributed by atoms with Crippen LogP contribution in [0.1, 0.15) is 31.2 Å². The molecular weight excluding hydrogens is 380 g/mol. The molecule has 2 aromatic rings. The van der Waals surface area contributed by atoms with E-state index in [2.05, 4.69) is 15.2 Å². The van der Waals surface area contributed by atoms with Gasteiger partial charge in [0, 0.05) is 26.2 Å². The molecule has 1 aromatic carbocycles. The second kappa shape index (κ2) is 8.55. The minimum absolute atomic E-state index is 0.0468. The highest BCUT2D eigenvalue weighted by molar-refractivity contribution is 5.78. The first-order valence-electron chi connectivity index (χ1n) is 11.3. The number of nitrogens with zero attached hydrogens (tertiary/aromatic N) is 3. The molecule has 5 rings (SSSR count). The van der Waals surface area contributed by atoms with E-state index in [4.69, 9.17) is 9.15 Å². The molecule has 0 unspecified atom stereocenters. The predicted octanol–water partition coefficient (Wildman–Crippen LogP) is 2.90. The van der Waals surface area contributed by atoms with Gasteiger partial charge in [0.25, 0.3) is 6.01 Å². The summed E-state index contributed by atoms with van der Waals surface area (Å²) in [4.78, 5) is 21.5. The van der Waals surface area contributed by atoms with Gasteiger partial charge in [0.2, 0.25) is 5.91 Å². The lowest BCUT2D eigenvalue weighted by atomic mass is 9.95. The first-order chi connectivity index (χ1) is 14.6. The molecule has 7 nitrogen and oxygen atoms in total. The highest BCUT2D eigenvalue weighted by atomic mass is 16.5. The molecule has 0 radical (unpaired) electrons. The number of hydrogen-bond acceptors (Lipinski definition) is 6. The normalized spacial score (nSPS) is 24.0. The van der Waals surface area contributed by atoms with Gasteiger partial charge in [-0.15, -0.1) is 0 Å². The number of piperidine rings is 1. The molecule has 1 saturated carbocycles. The highest BCUT2D eigenvalue weighted by Gasteiger charge is 2.31. The van der Waals surface area contributed by atoms with E-state index < -0.39 is 0 Å². The topological polar surface area (TPSA) is 70.8 Å². The summed E-state index contributed by atoms with van der Waals surface area (Å²) in [6.07, 6.45) is 5.18. The van der Waals surface area contributed by atoms with Crippen LogP contribution in [-0.4, -0.2) is 72.7 Å². The van der Waals surface area contributed by atoms with Crippen molar-refractivity contribution in [2.75, 3.05) is 51.2 Å². The van der Waals surface area contributed by atoms with Crippen LogP contribution in [0, 0.1) is 18.8 Å². The number of benzene rings is 1. The molecule has 30 heavy (non-hydrogen) atoms. The molecule has 3 heterocycles. The van der Waals surface area contributed by atoms with Crippen molar-refractivity contribution in [3.63, 3.8) is 0 Å². The van der Waals surface area contributed by atoms with E-state index in [1.165, 1.54) is 45.3 Å². The van der Waals surface area contributed by atoms with Crippen LogP contribution >= 0.6 is 0 Å². The molecule has 2 aliphatic heterocycles. The monoisotopic (exact) mass is 412 g/mol. The van der Waals surface area contributed by atoms with Crippen LogP contribution in [0.3, 0.4) is 0 Å². The Morgan fingerprint density at radius 1 is 1.13 bits per heavy atom. The first kappa shape index (κ1) is 19.8. The third kappa shape index (κ3) is 4.78. The minimum atomic E-state index is -0.0468. The van der Waals surface area contributed by atoms with Crippen LogP contribution in [0.25, 0.3) is 11.1 Å². The second-order valence-electron chi connectivity index (χ2n) is 9.29. The van der Waals surface area contributed by atoms with Gasteiger partial charge >= 0.3 is 0 Å². The van der Waals surface area contributed by atoms with Gasteiger partial charge in [-0.2, -0.15) is 4.98 Å². The van der Waals surface area contributed by atoms with Crippen LogP contribution in [0.2, 0.25) is 0 Å². The third-order valence-electron chi connectivity index (χ3n) is 6.64. The number of morpholine rings is 1. The zero-order valence-electron chi connectivity index (χ0n) is 17.8. The Labute approximate surface area is 177 Å². The smallest absolute Gasteiger partial charge is 0.295 e. The summed E-state index contributed by atoms with van der Waals surface area (Å²) < 4.78 is 11.5. The molecule has 1 aliphatic carbocycles. The molecule has 3 fully saturated rings. The maximum atomic E-state index is 12.4. The molecule has 0 spiro atoms. The van der Waals surface area contributed by atoms with E-state index in [9.17, 15) is 4.79 Å². The Hall–Kier alpha value is -2.12. The van der Waals surface area contributed by atoms with Gasteiger partial charge in [0.05, 0.1) is 6.10 Å². The molecule has 1 amide bonds. The fraction of sp³-hybridized carbons (Fsp3) is 0.652. The van der Waals surface area contributed by atoms with Crippen LogP contribution in [0.15, 0.2) is 22.6 Å². The largest absolute Gasteiger partial charge is 0.424 e. The second-order valence-corrected chi connectivity index (χ2v) is 9.29. The summed E-state index contributed by atoms with van der Waals surface area (Å²) in [5, 5.41) is 3.24. The Kier molecular flexibility index (Phi) is 5.65. The highest BCUT2D eigenvalue weighted by Crippen LogP contribution is 2.31. The van der Waals surface area contributed by atoms with Crippen molar-refractivity contribution in [3.8, 4) is 0 Å². The average molecular weight is 413 g/mol. The number of hydrogen-bond donors (Lipinski definition) is 1. The van der Waals surface area contributed by atoms with E-state index in [1.54, 1.807) is 0 Å². The first-order valence-corrected chi connectivity index (χ1v) is 11.3. The number of oxazole rings is 1. The molecular formula is C23H32N4O3. The number of nitrogens with one attached hydrogen (secondary N) is 1. The Morgan fingerprint density at radius 2 is 1.93 bits per heavy atom. The number of carbonyl (C=O) groups excluding carboxylic acids is 1. The van der Waals surface area contributed by atoms with Crippen LogP contribution < -0.4 is 5.32 Å². The number of amides is 1. The van der Waals surface area contributed by atoms with E-state index in [1.807, 2.05) is 30.0 Å². The number of likely N-dealkylation sites (tertiary alicyclic amines) is 1. The van der Waals surface area contributed by atoms with E-state index in [-0.39, 0.29) is 18.6 Å². The average Bonchev–Trinajstić information content (AvgIpc) is 3.46. The standard InChI is InChI=1S/C23H32N4O3/c1-16-2-5-21-20(10-16)25-23(30-21)24-11-19-14-27(22(28)15-29-19)13-18-6-8-26(9-7-18)12-17-3-4-17/h2,5,10,17-19H,3-4,6-9,11-15H2,1H3,(H,24,25)/t19-/m0/s1. The molecule has 162 valence electrons. The molecule has 1 N–H and O–H groups in total. The van der Waals surface area contributed by atoms with Crippen molar-refractivity contribution in [1.29, 1.82) is 0 Å². The van der Waals surface area contributed by atoms with E-state index in [0.29, 0.717) is 25.0 Å². The van der Waals surface area contributed by atoms with Crippen LogP contribution in [-0.2, 0) is 9.53 Å². The van der Waals surface area contributed by atoms with Crippen molar-refractivity contribution in [2.24, 2.45) is 11.8 Å². The number of aromatic nitrogens is 1. The molecule has 0 bridgehead atoms. The summed E-state index contributed by atoms with van der Waals surface area (Å²) in [5.41, 5.74) is 2.79. The molecule has 3 aliphatic rings. The lowest BCUT2D eigenvalue weighted by Gasteiger charge is -2.38. The van der Waals surface area contributed by atoms with Crippen LogP contribution in [0.4, 0.5) is 6.01 Å². The summed E-state index contributed by atoms with van der Waals surface area (Å²) in [7, 11) is 0. The number of anilines is 1. The van der Waals surface area contributed by atoms with Gasteiger partial charge in [-0.3, -0.25) is 4.79 Å². The Morgan fingerprint density at radius 3 is 2.73 bits per heavy atom. The van der Waals surface area contributed by atoms with Crippen LogP contribution in [0.5, 0.6) is 0 Å². The molecule has 7 heteroatoms. The van der Waals surface area contributed by atoms with Gasteiger partial charge in [0.1, 0.15) is 12.1 Å². The van der Waals surface area contributed by atoms with Gasteiger partial charge in [-0.25, -0.2) is 0 Å². The van der Waals surface area contributed by atoms with E-state index >= 15 is 0 Å². The lowest BCUT2D eigenvalue weighted by Crippen LogP contribution is -2.51. The van der Waals surface area contributed by atoms with Crippen molar-refractivity contribution >= 4 is 23.0 Å². The van der Waals surface area contributed by atoms with Gasteiger partial charge < -0.3 is 24.3 Å². The summed E-state index contributed by atoms with van der Waals surface area (Å²) >= 11 is 0. The number of fused-ring (bicyclic) bond motifs is 1. The predicted molar refractivity (Wildman–Crippen MR) is 115 cm³/mol. The number of aryl methyl sites for hydroxylation is 1.